The molecule has 2 atom stereocenters. The number of hydrogen-bond acceptors (Lipinski definition) is 7. The highest BCUT2D eigenvalue weighted by Gasteiger charge is 2.18. The van der Waals surface area contributed by atoms with E-state index in [4.69, 9.17) is 9.47 Å². The fourth-order valence-electron chi connectivity index (χ4n) is 4.09. The molecule has 0 aliphatic heterocycles. The average molecular weight is 601 g/mol. The van der Waals surface area contributed by atoms with Crippen LogP contribution in [0.3, 0.4) is 0 Å². The van der Waals surface area contributed by atoms with E-state index in [0.29, 0.717) is 6.54 Å². The maximum Gasteiger partial charge on any atom is 0.241 e. The van der Waals surface area contributed by atoms with Crippen molar-refractivity contribution in [1.29, 1.82) is 0 Å². The lowest BCUT2D eigenvalue weighted by atomic mass is 10.1. The molecule has 0 radical (unpaired) electrons. The third kappa shape index (κ3) is 16.3. The van der Waals surface area contributed by atoms with Crippen molar-refractivity contribution in [1.82, 2.24) is 20.4 Å². The summed E-state index contributed by atoms with van der Waals surface area (Å²) in [5.41, 5.74) is 2.37. The monoisotopic (exact) mass is 600 g/mol. The number of carbonyl (C=O) groups excluding carboxylic acids is 2. The van der Waals surface area contributed by atoms with Gasteiger partial charge in [0, 0.05) is 28.2 Å². The molecular weight excluding hydrogens is 544 g/mol. The van der Waals surface area contributed by atoms with Crippen molar-refractivity contribution in [2.75, 3.05) is 61.1 Å². The first-order valence-corrected chi connectivity index (χ1v) is 15.6. The molecule has 0 fully saturated rings. The van der Waals surface area contributed by atoms with Crippen LogP contribution in [0.5, 0.6) is 11.5 Å². The minimum absolute atomic E-state index is 0.103. The van der Waals surface area contributed by atoms with Gasteiger partial charge in [0.2, 0.25) is 11.8 Å². The van der Waals surface area contributed by atoms with E-state index in [1.807, 2.05) is 43.3 Å². The molecule has 0 heterocycles. The van der Waals surface area contributed by atoms with Gasteiger partial charge in [-0.1, -0.05) is 51.0 Å². The van der Waals surface area contributed by atoms with Crippen molar-refractivity contribution in [2.24, 2.45) is 0 Å². The van der Waals surface area contributed by atoms with Crippen LogP contribution in [-0.4, -0.2) is 99.9 Å². The van der Waals surface area contributed by atoms with Crippen molar-refractivity contribution in [3.63, 3.8) is 0 Å². The van der Waals surface area contributed by atoms with E-state index in [0.717, 1.165) is 75.3 Å². The number of amides is 2. The summed E-state index contributed by atoms with van der Waals surface area (Å²) in [6.07, 6.45) is 6.05. The number of aliphatic hydroxyl groups is 1. The lowest BCUT2D eigenvalue weighted by molar-refractivity contribution is -0.132. The van der Waals surface area contributed by atoms with Crippen LogP contribution < -0.4 is 20.1 Å². The van der Waals surface area contributed by atoms with Crippen molar-refractivity contribution in [3.8, 4) is 11.5 Å². The van der Waals surface area contributed by atoms with E-state index < -0.39 is 6.04 Å². The van der Waals surface area contributed by atoms with Gasteiger partial charge in [-0.15, -0.1) is 0 Å². The topological polar surface area (TPSA) is 103 Å². The molecule has 9 nitrogen and oxygen atoms in total. The highest BCUT2D eigenvalue weighted by molar-refractivity contribution is 5.81. The van der Waals surface area contributed by atoms with Crippen LogP contribution >= 0.6 is 0 Å². The highest BCUT2D eigenvalue weighted by Crippen LogP contribution is 2.15. The number of benzene rings is 2. The molecule has 0 bridgehead atoms. The van der Waals surface area contributed by atoms with Gasteiger partial charge in [-0.2, -0.15) is 0 Å². The smallest absolute Gasteiger partial charge is 0.241 e. The van der Waals surface area contributed by atoms with E-state index in [9.17, 15) is 14.7 Å². The first kappa shape index (κ1) is 37.9. The molecule has 0 aliphatic rings. The normalized spacial score (nSPS) is 12.0. The summed E-state index contributed by atoms with van der Waals surface area (Å²) < 4.78 is 11.4. The maximum atomic E-state index is 11.8. The number of aliphatic hydroxyl groups excluding tert-OH is 1. The SMILES string of the molecule is CCCCOc1cccc(CCNC(C)C(=O)N(C)C)c1.CCCCOc1cccc(CCNC(CO)C(=O)N(C)C)c1. The summed E-state index contributed by atoms with van der Waals surface area (Å²) in [4.78, 5) is 26.6. The van der Waals surface area contributed by atoms with Gasteiger partial charge in [0.05, 0.1) is 25.9 Å². The van der Waals surface area contributed by atoms with Crippen LogP contribution in [0.15, 0.2) is 48.5 Å². The molecular formula is C34H56N4O5. The third-order valence-corrected chi connectivity index (χ3v) is 6.73. The molecule has 2 amide bonds. The standard InChI is InChI=1S/C17H28N2O3.C17H28N2O2/c1-4-5-11-22-15-8-6-7-14(12-15)9-10-18-16(13-20)17(21)19(2)3;1-5-6-12-21-16-9-7-8-15(13-16)10-11-18-14(2)17(20)19(3)4/h6-8,12,16,18,20H,4-5,9-11,13H2,1-3H3;7-9,13-14,18H,5-6,10-12H2,1-4H3. The van der Waals surface area contributed by atoms with Gasteiger partial charge in [0.15, 0.2) is 0 Å². The Hall–Kier alpha value is -3.14. The van der Waals surface area contributed by atoms with Gasteiger partial charge in [-0.25, -0.2) is 0 Å². The number of ether oxygens (including phenoxy) is 2. The van der Waals surface area contributed by atoms with Gasteiger partial charge >= 0.3 is 0 Å². The summed E-state index contributed by atoms with van der Waals surface area (Å²) in [5.74, 6) is 1.80. The lowest BCUT2D eigenvalue weighted by Gasteiger charge is -2.19. The Morgan fingerprint density at radius 3 is 1.65 bits per heavy atom. The molecule has 43 heavy (non-hydrogen) atoms. The summed E-state index contributed by atoms with van der Waals surface area (Å²) >= 11 is 0. The van der Waals surface area contributed by atoms with Crippen LogP contribution in [-0.2, 0) is 22.4 Å². The molecule has 2 unspecified atom stereocenters. The predicted molar refractivity (Wildman–Crippen MR) is 175 cm³/mol. The second-order valence-corrected chi connectivity index (χ2v) is 11.0. The van der Waals surface area contributed by atoms with Crippen LogP contribution in [0.4, 0.5) is 0 Å². The molecule has 0 aromatic heterocycles. The molecule has 2 aromatic rings. The van der Waals surface area contributed by atoms with Crippen LogP contribution in [0.2, 0.25) is 0 Å². The van der Waals surface area contributed by atoms with E-state index >= 15 is 0 Å². The Kier molecular flexibility index (Phi) is 19.7. The molecule has 3 N–H and O–H groups in total. The molecule has 0 saturated carbocycles. The number of rotatable bonds is 19. The number of hydrogen-bond donors (Lipinski definition) is 3. The van der Waals surface area contributed by atoms with Crippen LogP contribution in [0.25, 0.3) is 0 Å². The Balaban J connectivity index is 0.000000430. The number of nitrogens with one attached hydrogen (secondary N) is 2. The zero-order valence-electron chi connectivity index (χ0n) is 27.5. The van der Waals surface area contributed by atoms with Gasteiger partial charge in [0.1, 0.15) is 17.5 Å². The molecule has 9 heteroatoms. The van der Waals surface area contributed by atoms with Crippen LogP contribution in [0.1, 0.15) is 57.6 Å². The third-order valence-electron chi connectivity index (χ3n) is 6.73. The maximum absolute atomic E-state index is 11.8. The lowest BCUT2D eigenvalue weighted by Crippen LogP contribution is -2.46. The zero-order chi connectivity index (χ0) is 32.0. The number of unbranched alkanes of at least 4 members (excludes halogenated alkanes) is 2. The number of likely N-dealkylation sites (N-methyl/N-ethyl adjacent to an activating group) is 2. The summed E-state index contributed by atoms with van der Waals surface area (Å²) in [6, 6.07) is 15.5. The van der Waals surface area contributed by atoms with Crippen LogP contribution in [0, 0.1) is 0 Å². The van der Waals surface area contributed by atoms with Gasteiger partial charge < -0.3 is 35.0 Å². The van der Waals surface area contributed by atoms with E-state index in [2.05, 4.69) is 36.6 Å². The van der Waals surface area contributed by atoms with Gasteiger partial charge in [0.25, 0.3) is 0 Å². The fraction of sp³-hybridized carbons (Fsp3) is 0.588. The second kappa shape index (κ2) is 22.4. The molecule has 2 rings (SSSR count). The Morgan fingerprint density at radius 1 is 0.767 bits per heavy atom. The van der Waals surface area contributed by atoms with E-state index in [1.54, 1.807) is 33.1 Å². The van der Waals surface area contributed by atoms with Crippen molar-refractivity contribution in [2.45, 2.75) is 71.4 Å². The van der Waals surface area contributed by atoms with E-state index in [-0.39, 0.29) is 24.5 Å². The first-order valence-electron chi connectivity index (χ1n) is 15.6. The largest absolute Gasteiger partial charge is 0.494 e. The minimum atomic E-state index is -0.543. The molecule has 0 saturated heterocycles. The quantitative estimate of drug-likeness (QED) is 0.210. The Morgan fingerprint density at radius 2 is 1.23 bits per heavy atom. The van der Waals surface area contributed by atoms with Crippen molar-refractivity contribution < 1.29 is 24.2 Å². The van der Waals surface area contributed by atoms with Crippen molar-refractivity contribution in [3.05, 3.63) is 59.7 Å². The Bertz CT molecular complexity index is 1050. The highest BCUT2D eigenvalue weighted by atomic mass is 16.5. The van der Waals surface area contributed by atoms with Gasteiger partial charge in [-0.05, 0) is 81.1 Å². The number of carbonyl (C=O) groups is 2. The molecule has 0 aliphatic carbocycles. The fourth-order valence-corrected chi connectivity index (χ4v) is 4.09. The minimum Gasteiger partial charge on any atom is -0.494 e. The zero-order valence-corrected chi connectivity index (χ0v) is 27.5. The molecule has 242 valence electrons. The molecule has 2 aromatic carbocycles. The van der Waals surface area contributed by atoms with E-state index in [1.165, 1.54) is 10.5 Å². The Labute approximate surface area is 259 Å². The summed E-state index contributed by atoms with van der Waals surface area (Å²) in [5, 5.41) is 15.6. The predicted octanol–water partition coefficient (Wildman–Crippen LogP) is 3.92. The first-order chi connectivity index (χ1) is 20.6. The second-order valence-electron chi connectivity index (χ2n) is 11.0. The average Bonchev–Trinajstić information content (AvgIpc) is 2.99. The van der Waals surface area contributed by atoms with Crippen molar-refractivity contribution >= 4 is 11.8 Å². The summed E-state index contributed by atoms with van der Waals surface area (Å²) in [6.45, 7) is 8.90. The number of nitrogens with zero attached hydrogens (tertiary/aromatic N) is 2. The van der Waals surface area contributed by atoms with Gasteiger partial charge in [-0.3, -0.25) is 9.59 Å². The molecule has 0 spiro atoms. The summed E-state index contributed by atoms with van der Waals surface area (Å²) in [7, 11) is 6.92.